The number of benzene rings is 1. The van der Waals surface area contributed by atoms with Gasteiger partial charge in [0.1, 0.15) is 5.75 Å². The Morgan fingerprint density at radius 1 is 1.41 bits per heavy atom. The van der Waals surface area contributed by atoms with E-state index < -0.39 is 0 Å². The van der Waals surface area contributed by atoms with Crippen LogP contribution in [0, 0.1) is 12.8 Å². The van der Waals surface area contributed by atoms with Gasteiger partial charge in [0.15, 0.2) is 6.61 Å². The van der Waals surface area contributed by atoms with E-state index in [0.29, 0.717) is 28.9 Å². The van der Waals surface area contributed by atoms with E-state index >= 15 is 0 Å². The van der Waals surface area contributed by atoms with Gasteiger partial charge in [0, 0.05) is 20.5 Å². The van der Waals surface area contributed by atoms with Gasteiger partial charge in [0.25, 0.3) is 5.91 Å². The molecule has 0 atom stereocenters. The van der Waals surface area contributed by atoms with Gasteiger partial charge in [-0.15, -0.1) is 0 Å². The third kappa shape index (κ3) is 3.44. The minimum Gasteiger partial charge on any atom is -0.485 e. The molecule has 1 fully saturated rings. The summed E-state index contributed by atoms with van der Waals surface area (Å²) in [5.74, 6) is 2.13. The molecule has 1 heterocycles. The zero-order chi connectivity index (χ0) is 15.5. The van der Waals surface area contributed by atoms with Crippen LogP contribution in [-0.2, 0) is 6.61 Å². The number of para-hydroxylation sites is 1. The van der Waals surface area contributed by atoms with E-state index in [1.807, 2.05) is 19.2 Å². The molecule has 0 saturated heterocycles. The van der Waals surface area contributed by atoms with Crippen LogP contribution in [0.25, 0.3) is 0 Å². The highest BCUT2D eigenvalue weighted by molar-refractivity contribution is 5.96. The van der Waals surface area contributed by atoms with Gasteiger partial charge >= 0.3 is 0 Å². The number of hydrogen-bond acceptors (Lipinski definition) is 5. The second kappa shape index (κ2) is 6.17. The fourth-order valence-electron chi connectivity index (χ4n) is 2.29. The van der Waals surface area contributed by atoms with Gasteiger partial charge in [-0.1, -0.05) is 17.3 Å². The number of aromatic nitrogens is 2. The Morgan fingerprint density at radius 2 is 2.18 bits per heavy atom. The molecule has 6 heteroatoms. The first kappa shape index (κ1) is 14.6. The van der Waals surface area contributed by atoms with Crippen LogP contribution in [0.15, 0.2) is 28.8 Å². The van der Waals surface area contributed by atoms with Crippen molar-refractivity contribution in [3.8, 4) is 5.75 Å². The molecule has 1 aromatic carbocycles. The summed E-state index contributed by atoms with van der Waals surface area (Å²) in [5, 5.41) is 3.78. The Morgan fingerprint density at radius 3 is 2.86 bits per heavy atom. The van der Waals surface area contributed by atoms with Crippen LogP contribution < -0.4 is 4.74 Å². The number of carbonyl (C=O) groups excluding carboxylic acids is 1. The van der Waals surface area contributed by atoms with Crippen LogP contribution in [0.3, 0.4) is 0 Å². The second-order valence-electron chi connectivity index (χ2n) is 5.64. The van der Waals surface area contributed by atoms with Crippen LogP contribution in [0.5, 0.6) is 5.75 Å². The first-order chi connectivity index (χ1) is 10.6. The smallest absolute Gasteiger partial charge is 0.257 e. The second-order valence-corrected chi connectivity index (χ2v) is 5.64. The van der Waals surface area contributed by atoms with E-state index in [2.05, 4.69) is 10.1 Å². The first-order valence-corrected chi connectivity index (χ1v) is 7.40. The van der Waals surface area contributed by atoms with Gasteiger partial charge in [0.2, 0.25) is 11.7 Å². The fraction of sp³-hybridized carbons (Fsp3) is 0.438. The van der Waals surface area contributed by atoms with Crippen LogP contribution >= 0.6 is 0 Å². The molecule has 1 saturated carbocycles. The highest BCUT2D eigenvalue weighted by atomic mass is 16.5. The van der Waals surface area contributed by atoms with Crippen molar-refractivity contribution in [2.45, 2.75) is 26.4 Å². The third-order valence-electron chi connectivity index (χ3n) is 3.62. The molecule has 1 aliphatic carbocycles. The standard InChI is InChI=1S/C16H19N3O3/c1-11-17-15(18-22-11)10-21-14-6-4-3-5-13(14)16(20)19(2)9-12-7-8-12/h3-6,12H,7-10H2,1-2H3. The van der Waals surface area contributed by atoms with E-state index in [1.165, 1.54) is 12.8 Å². The zero-order valence-corrected chi connectivity index (χ0v) is 12.8. The summed E-state index contributed by atoms with van der Waals surface area (Å²) in [5.41, 5.74) is 0.561. The Kier molecular flexibility index (Phi) is 4.09. The van der Waals surface area contributed by atoms with Gasteiger partial charge in [-0.25, -0.2) is 0 Å². The number of hydrogen-bond donors (Lipinski definition) is 0. The number of carbonyl (C=O) groups is 1. The van der Waals surface area contributed by atoms with E-state index in [0.717, 1.165) is 6.54 Å². The normalized spacial score (nSPS) is 13.9. The van der Waals surface area contributed by atoms with E-state index in [9.17, 15) is 4.79 Å². The molecule has 1 aliphatic rings. The molecule has 3 rings (SSSR count). The van der Waals surface area contributed by atoms with Crippen molar-refractivity contribution in [3.05, 3.63) is 41.5 Å². The quantitative estimate of drug-likeness (QED) is 0.819. The Hall–Kier alpha value is -2.37. The summed E-state index contributed by atoms with van der Waals surface area (Å²) < 4.78 is 10.6. The summed E-state index contributed by atoms with van der Waals surface area (Å²) in [6.45, 7) is 2.70. The maximum absolute atomic E-state index is 12.5. The number of aryl methyl sites for hydroxylation is 1. The number of rotatable bonds is 6. The fourth-order valence-corrected chi connectivity index (χ4v) is 2.29. The predicted molar refractivity (Wildman–Crippen MR) is 79.5 cm³/mol. The lowest BCUT2D eigenvalue weighted by molar-refractivity contribution is 0.0783. The average Bonchev–Trinajstić information content (AvgIpc) is 3.24. The molecule has 1 amide bonds. The Labute approximate surface area is 129 Å². The zero-order valence-electron chi connectivity index (χ0n) is 12.8. The molecule has 116 valence electrons. The van der Waals surface area contributed by atoms with Crippen LogP contribution in [0.4, 0.5) is 0 Å². The summed E-state index contributed by atoms with van der Waals surface area (Å²) in [7, 11) is 1.83. The van der Waals surface area contributed by atoms with Gasteiger partial charge < -0.3 is 14.2 Å². The van der Waals surface area contributed by atoms with Gasteiger partial charge in [-0.2, -0.15) is 4.98 Å². The summed E-state index contributed by atoms with van der Waals surface area (Å²) >= 11 is 0. The molecule has 0 aliphatic heterocycles. The molecular weight excluding hydrogens is 282 g/mol. The summed E-state index contributed by atoms with van der Waals surface area (Å²) in [6.07, 6.45) is 2.43. The summed E-state index contributed by atoms with van der Waals surface area (Å²) in [4.78, 5) is 18.4. The van der Waals surface area contributed by atoms with Crippen LogP contribution in [0.1, 0.15) is 34.9 Å². The lowest BCUT2D eigenvalue weighted by Gasteiger charge is -2.18. The molecule has 6 nitrogen and oxygen atoms in total. The van der Waals surface area contributed by atoms with Gasteiger partial charge in [0.05, 0.1) is 5.56 Å². The highest BCUT2D eigenvalue weighted by Crippen LogP contribution is 2.30. The SMILES string of the molecule is Cc1nc(COc2ccccc2C(=O)N(C)CC2CC2)no1. The monoisotopic (exact) mass is 301 g/mol. The molecule has 22 heavy (non-hydrogen) atoms. The lowest BCUT2D eigenvalue weighted by Crippen LogP contribution is -2.29. The van der Waals surface area contributed by atoms with Crippen molar-refractivity contribution in [3.63, 3.8) is 0 Å². The molecule has 0 radical (unpaired) electrons. The topological polar surface area (TPSA) is 68.5 Å². The number of ether oxygens (including phenoxy) is 1. The first-order valence-electron chi connectivity index (χ1n) is 7.40. The Balaban J connectivity index is 1.69. The molecule has 0 N–H and O–H groups in total. The number of nitrogens with zero attached hydrogens (tertiary/aromatic N) is 3. The predicted octanol–water partition coefficient (Wildman–Crippen LogP) is 2.44. The maximum Gasteiger partial charge on any atom is 0.257 e. The van der Waals surface area contributed by atoms with Gasteiger partial charge in [-0.3, -0.25) is 4.79 Å². The minimum atomic E-state index is -0.0215. The molecule has 1 aromatic heterocycles. The lowest BCUT2D eigenvalue weighted by atomic mass is 10.1. The van der Waals surface area contributed by atoms with Crippen LogP contribution in [0.2, 0.25) is 0 Å². The Bertz CT molecular complexity index is 664. The van der Waals surface area contributed by atoms with E-state index in [4.69, 9.17) is 9.26 Å². The van der Waals surface area contributed by atoms with Crippen molar-refractivity contribution in [1.82, 2.24) is 15.0 Å². The van der Waals surface area contributed by atoms with Crippen molar-refractivity contribution >= 4 is 5.91 Å². The minimum absolute atomic E-state index is 0.0215. The number of amides is 1. The molecule has 0 bridgehead atoms. The van der Waals surface area contributed by atoms with E-state index in [-0.39, 0.29) is 12.5 Å². The largest absolute Gasteiger partial charge is 0.485 e. The molecule has 0 spiro atoms. The molecular formula is C16H19N3O3. The average molecular weight is 301 g/mol. The summed E-state index contributed by atoms with van der Waals surface area (Å²) in [6, 6.07) is 7.24. The highest BCUT2D eigenvalue weighted by Gasteiger charge is 2.26. The maximum atomic E-state index is 12.5. The van der Waals surface area contributed by atoms with Crippen molar-refractivity contribution in [1.29, 1.82) is 0 Å². The van der Waals surface area contributed by atoms with Crippen molar-refractivity contribution in [2.24, 2.45) is 5.92 Å². The van der Waals surface area contributed by atoms with Crippen LogP contribution in [-0.4, -0.2) is 34.5 Å². The molecule has 0 unspecified atom stereocenters. The van der Waals surface area contributed by atoms with Gasteiger partial charge in [-0.05, 0) is 30.9 Å². The molecule has 2 aromatic rings. The van der Waals surface area contributed by atoms with Crippen molar-refractivity contribution < 1.29 is 14.1 Å². The third-order valence-corrected chi connectivity index (χ3v) is 3.62. The van der Waals surface area contributed by atoms with Crippen molar-refractivity contribution in [2.75, 3.05) is 13.6 Å². The van der Waals surface area contributed by atoms with E-state index in [1.54, 1.807) is 24.0 Å².